The van der Waals surface area contributed by atoms with Crippen molar-refractivity contribution >= 4 is 15.7 Å². The van der Waals surface area contributed by atoms with Gasteiger partial charge in [-0.3, -0.25) is 0 Å². The Morgan fingerprint density at radius 1 is 1.47 bits per heavy atom. The fourth-order valence-corrected chi connectivity index (χ4v) is 4.56. The maximum atomic E-state index is 12.7. The van der Waals surface area contributed by atoms with Gasteiger partial charge in [-0.1, -0.05) is 13.0 Å². The third-order valence-electron chi connectivity index (χ3n) is 3.93. The molecule has 1 saturated heterocycles. The minimum atomic E-state index is -3.59. The standard InChI is InChI=1S/C13H20N2O3S/c1-9-6-7-15(12(9)8-16)19(17,18)13-5-3-4-11(14)10(13)2/h3-5,9,12,16H,6-8,14H2,1-2H3. The van der Waals surface area contributed by atoms with Crippen molar-refractivity contribution in [2.45, 2.75) is 31.2 Å². The number of aliphatic hydroxyl groups excluding tert-OH is 1. The van der Waals surface area contributed by atoms with Gasteiger partial charge in [0.05, 0.1) is 17.5 Å². The highest BCUT2D eigenvalue weighted by atomic mass is 32.2. The lowest BCUT2D eigenvalue weighted by molar-refractivity contribution is 0.191. The van der Waals surface area contributed by atoms with Crippen LogP contribution in [-0.2, 0) is 10.0 Å². The van der Waals surface area contributed by atoms with Gasteiger partial charge in [0.1, 0.15) is 0 Å². The normalized spacial score (nSPS) is 24.8. The number of rotatable bonds is 3. The first-order valence-electron chi connectivity index (χ1n) is 6.37. The molecule has 0 aliphatic carbocycles. The van der Waals surface area contributed by atoms with E-state index in [4.69, 9.17) is 5.73 Å². The number of hydrogen-bond donors (Lipinski definition) is 2. The molecule has 1 heterocycles. The summed E-state index contributed by atoms with van der Waals surface area (Å²) in [4.78, 5) is 0.236. The van der Waals surface area contributed by atoms with Crippen LogP contribution in [0.2, 0.25) is 0 Å². The van der Waals surface area contributed by atoms with Crippen molar-refractivity contribution in [3.05, 3.63) is 23.8 Å². The summed E-state index contributed by atoms with van der Waals surface area (Å²) in [5.41, 5.74) is 6.81. The molecule has 0 spiro atoms. The molecule has 3 N–H and O–H groups in total. The number of nitrogens with two attached hydrogens (primary N) is 1. The van der Waals surface area contributed by atoms with E-state index < -0.39 is 10.0 Å². The maximum absolute atomic E-state index is 12.7. The Morgan fingerprint density at radius 3 is 2.79 bits per heavy atom. The summed E-state index contributed by atoms with van der Waals surface area (Å²) in [5, 5.41) is 9.41. The molecule has 5 nitrogen and oxygen atoms in total. The fraction of sp³-hybridized carbons (Fsp3) is 0.538. The minimum Gasteiger partial charge on any atom is -0.398 e. The number of nitrogen functional groups attached to an aromatic ring is 1. The summed E-state index contributed by atoms with van der Waals surface area (Å²) in [6, 6.07) is 4.55. The van der Waals surface area contributed by atoms with Gasteiger partial charge in [0.25, 0.3) is 0 Å². The molecule has 19 heavy (non-hydrogen) atoms. The number of sulfonamides is 1. The number of benzene rings is 1. The van der Waals surface area contributed by atoms with Gasteiger partial charge in [0.2, 0.25) is 10.0 Å². The first-order valence-corrected chi connectivity index (χ1v) is 7.81. The summed E-state index contributed by atoms with van der Waals surface area (Å²) >= 11 is 0. The minimum absolute atomic E-state index is 0.151. The first-order chi connectivity index (χ1) is 8.89. The van der Waals surface area contributed by atoms with Gasteiger partial charge in [-0.25, -0.2) is 8.42 Å². The van der Waals surface area contributed by atoms with Crippen molar-refractivity contribution in [3.8, 4) is 0 Å². The second kappa shape index (κ2) is 5.11. The molecule has 1 aliphatic heterocycles. The number of anilines is 1. The Morgan fingerprint density at radius 2 is 2.16 bits per heavy atom. The van der Waals surface area contributed by atoms with Gasteiger partial charge < -0.3 is 10.8 Å². The molecule has 1 fully saturated rings. The van der Waals surface area contributed by atoms with Crippen LogP contribution in [0, 0.1) is 12.8 Å². The summed E-state index contributed by atoms with van der Waals surface area (Å²) in [6.45, 7) is 3.96. The highest BCUT2D eigenvalue weighted by Crippen LogP contribution is 2.32. The molecule has 2 unspecified atom stereocenters. The van der Waals surface area contributed by atoms with E-state index in [2.05, 4.69) is 0 Å². The van der Waals surface area contributed by atoms with Crippen molar-refractivity contribution in [1.82, 2.24) is 4.31 Å². The molecule has 1 aromatic rings. The molecular formula is C13H20N2O3S. The average molecular weight is 284 g/mol. The van der Waals surface area contributed by atoms with E-state index in [9.17, 15) is 13.5 Å². The van der Waals surface area contributed by atoms with Crippen molar-refractivity contribution in [2.75, 3.05) is 18.9 Å². The summed E-state index contributed by atoms with van der Waals surface area (Å²) in [5.74, 6) is 0.168. The number of hydrogen-bond acceptors (Lipinski definition) is 4. The van der Waals surface area contributed by atoms with Crippen LogP contribution in [0.1, 0.15) is 18.9 Å². The lowest BCUT2D eigenvalue weighted by atomic mass is 10.0. The zero-order valence-electron chi connectivity index (χ0n) is 11.2. The van der Waals surface area contributed by atoms with Gasteiger partial charge in [-0.2, -0.15) is 4.31 Å². The maximum Gasteiger partial charge on any atom is 0.243 e. The SMILES string of the molecule is Cc1c(N)cccc1S(=O)(=O)N1CCC(C)C1CO. The van der Waals surface area contributed by atoms with Crippen LogP contribution >= 0.6 is 0 Å². The van der Waals surface area contributed by atoms with Crippen LogP contribution in [0.4, 0.5) is 5.69 Å². The van der Waals surface area contributed by atoms with Crippen molar-refractivity contribution in [1.29, 1.82) is 0 Å². The van der Waals surface area contributed by atoms with E-state index in [-0.39, 0.29) is 23.5 Å². The average Bonchev–Trinajstić information content (AvgIpc) is 2.74. The third kappa shape index (κ3) is 2.35. The van der Waals surface area contributed by atoms with E-state index in [0.29, 0.717) is 17.8 Å². The summed E-state index contributed by atoms with van der Waals surface area (Å²) < 4.78 is 26.8. The molecule has 0 radical (unpaired) electrons. The van der Waals surface area contributed by atoms with Crippen molar-refractivity contribution in [2.24, 2.45) is 5.92 Å². The topological polar surface area (TPSA) is 83.6 Å². The van der Waals surface area contributed by atoms with E-state index in [1.54, 1.807) is 25.1 Å². The van der Waals surface area contributed by atoms with E-state index in [1.165, 1.54) is 4.31 Å². The Kier molecular flexibility index (Phi) is 3.85. The predicted octanol–water partition coefficient (Wildman–Crippen LogP) is 0.969. The highest BCUT2D eigenvalue weighted by Gasteiger charge is 2.39. The predicted molar refractivity (Wildman–Crippen MR) is 74.1 cm³/mol. The Labute approximate surface area is 114 Å². The van der Waals surface area contributed by atoms with Crippen LogP contribution in [0.25, 0.3) is 0 Å². The molecule has 0 bridgehead atoms. The molecule has 0 saturated carbocycles. The zero-order chi connectivity index (χ0) is 14.2. The van der Waals surface area contributed by atoms with Crippen molar-refractivity contribution in [3.63, 3.8) is 0 Å². The summed E-state index contributed by atoms with van der Waals surface area (Å²) in [7, 11) is -3.59. The van der Waals surface area contributed by atoms with Gasteiger partial charge in [-0.15, -0.1) is 0 Å². The zero-order valence-corrected chi connectivity index (χ0v) is 12.0. The van der Waals surface area contributed by atoms with Crippen LogP contribution < -0.4 is 5.73 Å². The molecule has 2 rings (SSSR count). The molecule has 2 atom stereocenters. The fourth-order valence-electron chi connectivity index (χ4n) is 2.58. The Balaban J connectivity index is 2.46. The van der Waals surface area contributed by atoms with Crippen LogP contribution in [-0.4, -0.2) is 37.0 Å². The van der Waals surface area contributed by atoms with Gasteiger partial charge >= 0.3 is 0 Å². The summed E-state index contributed by atoms with van der Waals surface area (Å²) in [6.07, 6.45) is 0.770. The largest absolute Gasteiger partial charge is 0.398 e. The number of aliphatic hydroxyl groups is 1. The van der Waals surface area contributed by atoms with Crippen molar-refractivity contribution < 1.29 is 13.5 Å². The molecule has 1 aromatic carbocycles. The van der Waals surface area contributed by atoms with Crippen LogP contribution in [0.3, 0.4) is 0 Å². The van der Waals surface area contributed by atoms with Crippen LogP contribution in [0.5, 0.6) is 0 Å². The van der Waals surface area contributed by atoms with Gasteiger partial charge in [0, 0.05) is 12.2 Å². The second-order valence-corrected chi connectivity index (χ2v) is 6.96. The van der Waals surface area contributed by atoms with Gasteiger partial charge in [0.15, 0.2) is 0 Å². The smallest absolute Gasteiger partial charge is 0.243 e. The second-order valence-electron chi connectivity index (χ2n) is 5.10. The van der Waals surface area contributed by atoms with Gasteiger partial charge in [-0.05, 0) is 37.0 Å². The third-order valence-corrected chi connectivity index (χ3v) is 6.00. The Hall–Kier alpha value is -1.11. The molecule has 0 amide bonds. The molecule has 106 valence electrons. The lowest BCUT2D eigenvalue weighted by Crippen LogP contribution is -2.40. The van der Waals surface area contributed by atoms with E-state index in [1.807, 2.05) is 6.92 Å². The quantitative estimate of drug-likeness (QED) is 0.810. The monoisotopic (exact) mass is 284 g/mol. The van der Waals surface area contributed by atoms with E-state index in [0.717, 1.165) is 6.42 Å². The lowest BCUT2D eigenvalue weighted by Gasteiger charge is -2.25. The Bertz CT molecular complexity index is 571. The molecule has 6 heteroatoms. The molecule has 1 aliphatic rings. The molecular weight excluding hydrogens is 264 g/mol. The van der Waals surface area contributed by atoms with E-state index >= 15 is 0 Å². The molecule has 0 aromatic heterocycles. The van der Waals surface area contributed by atoms with Crippen LogP contribution in [0.15, 0.2) is 23.1 Å². The first kappa shape index (κ1) is 14.3. The number of nitrogens with zero attached hydrogens (tertiary/aromatic N) is 1. The highest BCUT2D eigenvalue weighted by molar-refractivity contribution is 7.89.